The molecule has 23 heavy (non-hydrogen) atoms. The topological polar surface area (TPSA) is 66.2 Å². The molecule has 2 aromatic rings. The number of esters is 1. The van der Waals surface area contributed by atoms with Gasteiger partial charge < -0.3 is 9.47 Å². The molecule has 0 aliphatic rings. The van der Waals surface area contributed by atoms with Crippen molar-refractivity contribution in [3.8, 4) is 17.1 Å². The van der Waals surface area contributed by atoms with Crippen molar-refractivity contribution < 1.29 is 14.3 Å². The van der Waals surface area contributed by atoms with E-state index in [0.717, 1.165) is 5.56 Å². The lowest BCUT2D eigenvalue weighted by Crippen LogP contribution is -2.14. The van der Waals surface area contributed by atoms with Crippen LogP contribution in [-0.2, 0) is 11.8 Å². The van der Waals surface area contributed by atoms with Crippen LogP contribution in [0.4, 0.5) is 0 Å². The molecule has 6 nitrogen and oxygen atoms in total. The molecule has 0 radical (unpaired) electrons. The third kappa shape index (κ3) is 4.22. The van der Waals surface area contributed by atoms with Crippen LogP contribution in [0.3, 0.4) is 0 Å². The van der Waals surface area contributed by atoms with Crippen molar-refractivity contribution in [2.45, 2.75) is 39.9 Å². The minimum atomic E-state index is -0.508. The van der Waals surface area contributed by atoms with Gasteiger partial charge in [-0.15, -0.1) is 0 Å². The second kappa shape index (κ2) is 7.00. The molecule has 0 saturated carbocycles. The van der Waals surface area contributed by atoms with Gasteiger partial charge in [-0.1, -0.05) is 11.6 Å². The minimum Gasteiger partial charge on any atom is -0.474 e. The van der Waals surface area contributed by atoms with Gasteiger partial charge in [0.05, 0.1) is 29.7 Å². The molecular weight excluding hydrogens is 318 g/mol. The Bertz CT molecular complexity index is 711. The van der Waals surface area contributed by atoms with E-state index in [2.05, 4.69) is 10.1 Å². The molecule has 0 spiro atoms. The summed E-state index contributed by atoms with van der Waals surface area (Å²) in [5.74, 6) is -0.301. The number of aryl methyl sites for hydroxylation is 1. The van der Waals surface area contributed by atoms with Gasteiger partial charge in [0.25, 0.3) is 0 Å². The van der Waals surface area contributed by atoms with E-state index in [1.165, 1.54) is 0 Å². The van der Waals surface area contributed by atoms with Gasteiger partial charge in [-0.25, -0.2) is 9.78 Å². The Hall–Kier alpha value is -2.08. The Labute approximate surface area is 140 Å². The van der Waals surface area contributed by atoms with Gasteiger partial charge in [0.2, 0.25) is 5.88 Å². The Morgan fingerprint density at radius 3 is 2.48 bits per heavy atom. The summed E-state index contributed by atoms with van der Waals surface area (Å²) in [5, 5.41) is 4.27. The number of carbonyl (C=O) groups is 1. The van der Waals surface area contributed by atoms with Crippen LogP contribution in [0.1, 0.15) is 38.1 Å². The number of ether oxygens (including phenoxy) is 2. The first-order valence-electron chi connectivity index (χ1n) is 7.35. The first-order valence-corrected chi connectivity index (χ1v) is 7.73. The van der Waals surface area contributed by atoms with Crippen LogP contribution in [0.15, 0.2) is 18.5 Å². The van der Waals surface area contributed by atoms with Crippen LogP contribution in [0.2, 0.25) is 5.02 Å². The molecule has 7 heteroatoms. The minimum absolute atomic E-state index is 0.127. The lowest BCUT2D eigenvalue weighted by molar-refractivity contribution is 0.0377. The van der Waals surface area contributed by atoms with E-state index in [4.69, 9.17) is 21.1 Å². The summed E-state index contributed by atoms with van der Waals surface area (Å²) in [5.41, 5.74) is 1.54. The second-order valence-electron chi connectivity index (χ2n) is 5.70. The van der Waals surface area contributed by atoms with Crippen LogP contribution in [0.5, 0.6) is 5.88 Å². The smallest absolute Gasteiger partial charge is 0.340 e. The Morgan fingerprint density at radius 1 is 1.26 bits per heavy atom. The molecule has 2 rings (SSSR count). The highest BCUT2D eigenvalue weighted by Gasteiger charge is 2.21. The van der Waals surface area contributed by atoms with E-state index in [-0.39, 0.29) is 28.7 Å². The summed E-state index contributed by atoms with van der Waals surface area (Å²) in [7, 11) is 1.80. The van der Waals surface area contributed by atoms with Gasteiger partial charge in [0.1, 0.15) is 5.02 Å². The fourth-order valence-corrected chi connectivity index (χ4v) is 2.15. The third-order valence-electron chi connectivity index (χ3n) is 2.84. The van der Waals surface area contributed by atoms with Crippen molar-refractivity contribution in [1.29, 1.82) is 0 Å². The van der Waals surface area contributed by atoms with Crippen molar-refractivity contribution in [1.82, 2.24) is 14.8 Å². The lowest BCUT2D eigenvalue weighted by Gasteiger charge is -2.15. The summed E-state index contributed by atoms with van der Waals surface area (Å²) in [6.07, 6.45) is 3.08. The first kappa shape index (κ1) is 17.3. The fourth-order valence-electron chi connectivity index (χ4n) is 1.93. The molecule has 2 heterocycles. The number of rotatable bonds is 5. The molecule has 124 valence electrons. The molecular formula is C16H20ClN3O3. The van der Waals surface area contributed by atoms with Crippen molar-refractivity contribution in [2.24, 2.45) is 7.05 Å². The number of aromatic nitrogens is 3. The van der Waals surface area contributed by atoms with Gasteiger partial charge >= 0.3 is 5.97 Å². The van der Waals surface area contributed by atoms with Crippen molar-refractivity contribution in [2.75, 3.05) is 0 Å². The molecule has 2 aromatic heterocycles. The van der Waals surface area contributed by atoms with Gasteiger partial charge in [-0.2, -0.15) is 5.10 Å². The normalized spacial score (nSPS) is 11.1. The summed E-state index contributed by atoms with van der Waals surface area (Å²) in [6.45, 7) is 7.28. The predicted molar refractivity (Wildman–Crippen MR) is 87.8 cm³/mol. The summed E-state index contributed by atoms with van der Waals surface area (Å²) >= 11 is 6.29. The number of pyridine rings is 1. The average molecular weight is 338 g/mol. The van der Waals surface area contributed by atoms with Crippen LogP contribution in [0, 0.1) is 0 Å². The second-order valence-corrected chi connectivity index (χ2v) is 6.08. The SMILES string of the molecule is CC(C)OC(=O)c1cc(-c2cnn(C)c2)nc(OC(C)C)c1Cl. The summed E-state index contributed by atoms with van der Waals surface area (Å²) < 4.78 is 12.5. The number of halogens is 1. The molecule has 0 fully saturated rings. The molecule has 0 unspecified atom stereocenters. The lowest BCUT2D eigenvalue weighted by atomic mass is 10.1. The number of carbonyl (C=O) groups excluding carboxylic acids is 1. The Morgan fingerprint density at radius 2 is 1.96 bits per heavy atom. The van der Waals surface area contributed by atoms with Crippen molar-refractivity contribution >= 4 is 17.6 Å². The first-order chi connectivity index (χ1) is 10.8. The molecule has 0 amide bonds. The fraction of sp³-hybridized carbons (Fsp3) is 0.438. The zero-order valence-electron chi connectivity index (χ0n) is 13.8. The number of hydrogen-bond acceptors (Lipinski definition) is 5. The molecule has 0 saturated heterocycles. The molecule has 0 aliphatic heterocycles. The zero-order valence-corrected chi connectivity index (χ0v) is 14.6. The molecule has 0 bridgehead atoms. The van der Waals surface area contributed by atoms with E-state index in [1.54, 1.807) is 44.0 Å². The maximum Gasteiger partial charge on any atom is 0.340 e. The quantitative estimate of drug-likeness (QED) is 0.781. The average Bonchev–Trinajstić information content (AvgIpc) is 2.86. The highest BCUT2D eigenvalue weighted by Crippen LogP contribution is 2.32. The summed E-state index contributed by atoms with van der Waals surface area (Å²) in [4.78, 5) is 16.7. The predicted octanol–water partition coefficient (Wildman–Crippen LogP) is 3.49. The largest absolute Gasteiger partial charge is 0.474 e. The maximum atomic E-state index is 12.3. The monoisotopic (exact) mass is 337 g/mol. The highest BCUT2D eigenvalue weighted by molar-refractivity contribution is 6.35. The number of hydrogen-bond donors (Lipinski definition) is 0. The van der Waals surface area contributed by atoms with E-state index in [9.17, 15) is 4.79 Å². The zero-order chi connectivity index (χ0) is 17.1. The van der Waals surface area contributed by atoms with Gasteiger partial charge in [-0.3, -0.25) is 4.68 Å². The van der Waals surface area contributed by atoms with Crippen LogP contribution in [0.25, 0.3) is 11.3 Å². The third-order valence-corrected chi connectivity index (χ3v) is 3.20. The maximum absolute atomic E-state index is 12.3. The molecule has 0 aromatic carbocycles. The van der Waals surface area contributed by atoms with Crippen molar-refractivity contribution in [3.63, 3.8) is 0 Å². The van der Waals surface area contributed by atoms with Crippen molar-refractivity contribution in [3.05, 3.63) is 29.0 Å². The van der Waals surface area contributed by atoms with Gasteiger partial charge in [0, 0.05) is 18.8 Å². The van der Waals surface area contributed by atoms with Crippen LogP contribution in [-0.4, -0.2) is 32.9 Å². The van der Waals surface area contributed by atoms with E-state index >= 15 is 0 Å². The van der Waals surface area contributed by atoms with Crippen LogP contribution < -0.4 is 4.74 Å². The standard InChI is InChI=1S/C16H20ClN3O3/c1-9(2)22-15-14(17)12(16(21)23-10(3)4)6-13(19-15)11-7-18-20(5)8-11/h6-10H,1-5H3. The highest BCUT2D eigenvalue weighted by atomic mass is 35.5. The van der Waals surface area contributed by atoms with E-state index in [1.807, 2.05) is 13.8 Å². The Kier molecular flexibility index (Phi) is 5.26. The molecule has 0 atom stereocenters. The molecule has 0 aliphatic carbocycles. The Balaban J connectivity index is 2.53. The molecule has 0 N–H and O–H groups in total. The van der Waals surface area contributed by atoms with Gasteiger partial charge in [-0.05, 0) is 33.8 Å². The van der Waals surface area contributed by atoms with Gasteiger partial charge in [0.15, 0.2) is 0 Å². The van der Waals surface area contributed by atoms with Crippen LogP contribution >= 0.6 is 11.6 Å². The summed E-state index contributed by atoms with van der Waals surface area (Å²) in [6, 6.07) is 1.59. The van der Waals surface area contributed by atoms with E-state index < -0.39 is 5.97 Å². The van der Waals surface area contributed by atoms with E-state index in [0.29, 0.717) is 5.69 Å². The number of nitrogens with zero attached hydrogens (tertiary/aromatic N) is 3.